The molecule has 0 atom stereocenters. The summed E-state index contributed by atoms with van der Waals surface area (Å²) in [4.78, 5) is 13.8. The highest BCUT2D eigenvalue weighted by Gasteiger charge is 2.07. The highest BCUT2D eigenvalue weighted by molar-refractivity contribution is 5.91. The third-order valence-electron chi connectivity index (χ3n) is 1.45. The highest BCUT2D eigenvalue weighted by Crippen LogP contribution is 1.95. The summed E-state index contributed by atoms with van der Waals surface area (Å²) >= 11 is 0. The minimum Gasteiger partial charge on any atom is -0.351 e. The molecular formula is C7H9N5O2. The summed E-state index contributed by atoms with van der Waals surface area (Å²) in [7, 11) is 0. The van der Waals surface area contributed by atoms with E-state index < -0.39 is 0 Å². The lowest BCUT2D eigenvalue weighted by Crippen LogP contribution is -2.24. The predicted molar refractivity (Wildman–Crippen MR) is 47.5 cm³/mol. The quantitative estimate of drug-likeness (QED) is 0.329. The fraction of sp³-hybridized carbons (Fsp3) is 0.429. The summed E-state index contributed by atoms with van der Waals surface area (Å²) in [5.41, 5.74) is 7.97. The molecule has 0 saturated heterocycles. The molecule has 1 amide bonds. The molecule has 0 aliphatic carbocycles. The SMILES string of the molecule is [N-]=[N+]=NCCCNC(=O)c1ccno1. The fourth-order valence-electron chi connectivity index (χ4n) is 0.816. The van der Waals surface area contributed by atoms with E-state index in [1.165, 1.54) is 12.3 Å². The molecule has 0 bridgehead atoms. The Bertz CT molecular complexity index is 328. The van der Waals surface area contributed by atoms with Crippen molar-refractivity contribution in [2.75, 3.05) is 13.1 Å². The van der Waals surface area contributed by atoms with Gasteiger partial charge in [0.2, 0.25) is 5.76 Å². The smallest absolute Gasteiger partial charge is 0.289 e. The van der Waals surface area contributed by atoms with Crippen LogP contribution in [-0.4, -0.2) is 24.2 Å². The molecule has 0 aromatic carbocycles. The van der Waals surface area contributed by atoms with Crippen LogP contribution in [0.4, 0.5) is 0 Å². The van der Waals surface area contributed by atoms with Gasteiger partial charge in [0.15, 0.2) is 0 Å². The summed E-state index contributed by atoms with van der Waals surface area (Å²) in [6, 6.07) is 1.47. The molecule has 1 aromatic rings. The first-order chi connectivity index (χ1) is 6.84. The predicted octanol–water partition coefficient (Wildman–Crippen LogP) is 1.10. The minimum atomic E-state index is -0.316. The van der Waals surface area contributed by atoms with E-state index in [0.29, 0.717) is 19.5 Å². The lowest BCUT2D eigenvalue weighted by molar-refractivity contribution is 0.0916. The van der Waals surface area contributed by atoms with E-state index in [9.17, 15) is 4.79 Å². The van der Waals surface area contributed by atoms with Gasteiger partial charge in [0, 0.05) is 24.1 Å². The molecule has 1 rings (SSSR count). The second-order valence-electron chi connectivity index (χ2n) is 2.44. The zero-order chi connectivity index (χ0) is 10.2. The maximum Gasteiger partial charge on any atom is 0.289 e. The van der Waals surface area contributed by atoms with Gasteiger partial charge in [-0.25, -0.2) is 0 Å². The number of azide groups is 1. The summed E-state index contributed by atoms with van der Waals surface area (Å²) in [6.45, 7) is 0.811. The Morgan fingerprint density at radius 2 is 2.64 bits per heavy atom. The van der Waals surface area contributed by atoms with Gasteiger partial charge in [-0.3, -0.25) is 4.79 Å². The Kier molecular flexibility index (Phi) is 4.03. The number of aromatic nitrogens is 1. The van der Waals surface area contributed by atoms with Crippen LogP contribution in [0.1, 0.15) is 17.0 Å². The molecule has 1 aromatic heterocycles. The summed E-state index contributed by atoms with van der Waals surface area (Å²) in [6.07, 6.45) is 2.00. The van der Waals surface area contributed by atoms with Gasteiger partial charge >= 0.3 is 0 Å². The van der Waals surface area contributed by atoms with E-state index in [2.05, 4.69) is 25.0 Å². The number of hydrogen-bond acceptors (Lipinski definition) is 4. The zero-order valence-corrected chi connectivity index (χ0v) is 7.38. The van der Waals surface area contributed by atoms with Crippen molar-refractivity contribution >= 4 is 5.91 Å². The number of carbonyl (C=O) groups excluding carboxylic acids is 1. The lowest BCUT2D eigenvalue weighted by Gasteiger charge is -1.99. The fourth-order valence-corrected chi connectivity index (χ4v) is 0.816. The van der Waals surface area contributed by atoms with Crippen molar-refractivity contribution in [2.24, 2.45) is 5.11 Å². The molecule has 0 aliphatic rings. The Labute approximate surface area is 79.7 Å². The maximum absolute atomic E-state index is 11.2. The molecule has 0 spiro atoms. The number of hydrogen-bond donors (Lipinski definition) is 1. The average Bonchev–Trinajstić information content (AvgIpc) is 2.70. The van der Waals surface area contributed by atoms with Crippen molar-refractivity contribution < 1.29 is 9.32 Å². The molecule has 74 valence electrons. The van der Waals surface area contributed by atoms with E-state index >= 15 is 0 Å². The van der Waals surface area contributed by atoms with Gasteiger partial charge in [-0.15, -0.1) is 0 Å². The van der Waals surface area contributed by atoms with Gasteiger partial charge in [0.1, 0.15) is 0 Å². The maximum atomic E-state index is 11.2. The number of nitrogens with one attached hydrogen (secondary N) is 1. The Balaban J connectivity index is 2.19. The largest absolute Gasteiger partial charge is 0.351 e. The van der Waals surface area contributed by atoms with Crippen molar-refractivity contribution in [3.05, 3.63) is 28.5 Å². The summed E-state index contributed by atoms with van der Waals surface area (Å²) < 4.78 is 4.63. The van der Waals surface area contributed by atoms with Crippen LogP contribution in [0.3, 0.4) is 0 Å². The third-order valence-corrected chi connectivity index (χ3v) is 1.45. The second-order valence-corrected chi connectivity index (χ2v) is 2.44. The van der Waals surface area contributed by atoms with E-state index in [1.54, 1.807) is 0 Å². The van der Waals surface area contributed by atoms with Crippen LogP contribution in [0.25, 0.3) is 10.4 Å². The van der Waals surface area contributed by atoms with Crippen molar-refractivity contribution in [1.29, 1.82) is 0 Å². The van der Waals surface area contributed by atoms with Crippen LogP contribution in [0, 0.1) is 0 Å². The van der Waals surface area contributed by atoms with Gasteiger partial charge in [-0.05, 0) is 12.0 Å². The topological polar surface area (TPSA) is 104 Å². The van der Waals surface area contributed by atoms with Crippen molar-refractivity contribution in [2.45, 2.75) is 6.42 Å². The van der Waals surface area contributed by atoms with Gasteiger partial charge in [0.05, 0.1) is 6.20 Å². The van der Waals surface area contributed by atoms with Gasteiger partial charge in [-0.1, -0.05) is 10.3 Å². The molecular weight excluding hydrogens is 186 g/mol. The van der Waals surface area contributed by atoms with Gasteiger partial charge in [0.25, 0.3) is 5.91 Å². The Hall–Kier alpha value is -2.01. The van der Waals surface area contributed by atoms with Crippen molar-refractivity contribution in [1.82, 2.24) is 10.5 Å². The van der Waals surface area contributed by atoms with E-state index in [4.69, 9.17) is 5.53 Å². The molecule has 7 nitrogen and oxygen atoms in total. The number of nitrogens with zero attached hydrogens (tertiary/aromatic N) is 4. The molecule has 7 heteroatoms. The molecule has 1 heterocycles. The number of amides is 1. The van der Waals surface area contributed by atoms with Gasteiger partial charge < -0.3 is 9.84 Å². The normalized spacial score (nSPS) is 9.14. The minimum absolute atomic E-state index is 0.175. The van der Waals surface area contributed by atoms with Crippen LogP contribution in [-0.2, 0) is 0 Å². The monoisotopic (exact) mass is 195 g/mol. The van der Waals surface area contributed by atoms with Crippen LogP contribution < -0.4 is 5.32 Å². The first-order valence-corrected chi connectivity index (χ1v) is 4.04. The molecule has 0 radical (unpaired) electrons. The molecule has 14 heavy (non-hydrogen) atoms. The molecule has 0 unspecified atom stereocenters. The van der Waals surface area contributed by atoms with E-state index in [1.807, 2.05) is 0 Å². The first kappa shape index (κ1) is 10.1. The van der Waals surface area contributed by atoms with E-state index in [-0.39, 0.29) is 11.7 Å². The molecule has 0 aliphatic heterocycles. The average molecular weight is 195 g/mol. The summed E-state index contributed by atoms with van der Waals surface area (Å²) in [5.74, 6) is -0.141. The van der Waals surface area contributed by atoms with Gasteiger partial charge in [-0.2, -0.15) is 0 Å². The third kappa shape index (κ3) is 3.16. The highest BCUT2D eigenvalue weighted by atomic mass is 16.5. The van der Waals surface area contributed by atoms with Crippen LogP contribution in [0.2, 0.25) is 0 Å². The van der Waals surface area contributed by atoms with Crippen molar-refractivity contribution in [3.8, 4) is 0 Å². The van der Waals surface area contributed by atoms with E-state index in [0.717, 1.165) is 0 Å². The van der Waals surface area contributed by atoms with Crippen LogP contribution in [0.5, 0.6) is 0 Å². The first-order valence-electron chi connectivity index (χ1n) is 4.04. The zero-order valence-electron chi connectivity index (χ0n) is 7.38. The number of carbonyl (C=O) groups is 1. The molecule has 0 fully saturated rings. The lowest BCUT2D eigenvalue weighted by atomic mass is 10.4. The molecule has 1 N–H and O–H groups in total. The van der Waals surface area contributed by atoms with Crippen molar-refractivity contribution in [3.63, 3.8) is 0 Å². The second kappa shape index (κ2) is 5.60. The van der Waals surface area contributed by atoms with Crippen LogP contribution >= 0.6 is 0 Å². The molecule has 0 saturated carbocycles. The standard InChI is InChI=1S/C7H9N5O2/c8-12-10-4-1-3-9-7(13)6-2-5-11-14-6/h2,5H,1,3-4H2,(H,9,13). The Morgan fingerprint density at radius 3 is 3.29 bits per heavy atom. The Morgan fingerprint density at radius 1 is 1.79 bits per heavy atom. The summed E-state index contributed by atoms with van der Waals surface area (Å²) in [5, 5.41) is 9.31. The van der Waals surface area contributed by atoms with Crippen LogP contribution in [0.15, 0.2) is 21.9 Å². The number of rotatable bonds is 5.